The predicted octanol–water partition coefficient (Wildman–Crippen LogP) is 2.53. The molecule has 4 heterocycles. The van der Waals surface area contributed by atoms with Crippen LogP contribution in [0.4, 0.5) is 18.0 Å². The molecule has 10 nitrogen and oxygen atoms in total. The third-order valence-corrected chi connectivity index (χ3v) is 10.2. The van der Waals surface area contributed by atoms with Crippen molar-refractivity contribution in [2.75, 3.05) is 79.4 Å². The molecule has 0 aromatic heterocycles. The van der Waals surface area contributed by atoms with E-state index in [1.165, 1.54) is 12.1 Å². The molecule has 2 amide bonds. The zero-order valence-corrected chi connectivity index (χ0v) is 25.3. The number of nitrogens with one attached hydrogen (secondary N) is 1. The summed E-state index contributed by atoms with van der Waals surface area (Å²) in [6, 6.07) is 3.94. The third kappa shape index (κ3) is 6.57. The molecule has 0 unspecified atom stereocenters. The van der Waals surface area contributed by atoms with Crippen LogP contribution >= 0.6 is 0 Å². The van der Waals surface area contributed by atoms with Gasteiger partial charge < -0.3 is 34.1 Å². The van der Waals surface area contributed by atoms with E-state index in [-0.39, 0.29) is 49.7 Å². The Balaban J connectivity index is 1.17. The van der Waals surface area contributed by atoms with Crippen LogP contribution in [0.3, 0.4) is 0 Å². The van der Waals surface area contributed by atoms with Crippen LogP contribution in [0.2, 0.25) is 0 Å². The normalized spacial score (nSPS) is 31.1. The summed E-state index contributed by atoms with van der Waals surface area (Å²) in [4.78, 5) is 33.2. The Kier molecular flexibility index (Phi) is 9.40. The summed E-state index contributed by atoms with van der Waals surface area (Å²) in [7, 11) is 1.67. The van der Waals surface area contributed by atoms with Crippen molar-refractivity contribution < 1.29 is 41.7 Å². The standard InChI is InChI=1S/C31H43F3N4O6/c1-41-27-19-43-10-5-26(27)35-25-15-24-18-38(29(40)44-13-9-36-7-11-42-12-8-36)20-30(24,16-25)28(39)37-6-4-21-2-3-23(31(32,33)34)14-22(21)17-37/h2-3,14,24-27,35H,4-13,15-20H2,1H3/t24-,25+,26-,27+,30-/m0/s1. The van der Waals surface area contributed by atoms with E-state index in [9.17, 15) is 22.8 Å². The van der Waals surface area contributed by atoms with E-state index >= 15 is 0 Å². The Morgan fingerprint density at radius 2 is 1.91 bits per heavy atom. The van der Waals surface area contributed by atoms with Gasteiger partial charge in [-0.05, 0) is 54.9 Å². The average molecular weight is 625 g/mol. The van der Waals surface area contributed by atoms with Crippen LogP contribution < -0.4 is 5.32 Å². The lowest BCUT2D eigenvalue weighted by atomic mass is 9.78. The Morgan fingerprint density at radius 3 is 2.68 bits per heavy atom. The number of amides is 2. The van der Waals surface area contributed by atoms with Gasteiger partial charge >= 0.3 is 12.3 Å². The molecule has 1 aliphatic carbocycles. The van der Waals surface area contributed by atoms with Crippen molar-refractivity contribution in [1.29, 1.82) is 0 Å². The van der Waals surface area contributed by atoms with Crippen LogP contribution in [0.25, 0.3) is 0 Å². The van der Waals surface area contributed by atoms with Gasteiger partial charge in [0.15, 0.2) is 0 Å². The second-order valence-electron chi connectivity index (χ2n) is 12.8. The van der Waals surface area contributed by atoms with Crippen molar-refractivity contribution in [2.45, 2.75) is 56.6 Å². The maximum absolute atomic E-state index is 14.5. The van der Waals surface area contributed by atoms with Crippen molar-refractivity contribution in [3.63, 3.8) is 0 Å². The van der Waals surface area contributed by atoms with Crippen molar-refractivity contribution in [3.8, 4) is 0 Å². The van der Waals surface area contributed by atoms with Crippen LogP contribution in [0, 0.1) is 11.3 Å². The number of hydrogen-bond donors (Lipinski definition) is 1. The van der Waals surface area contributed by atoms with Gasteiger partial charge in [-0.2, -0.15) is 13.2 Å². The number of benzene rings is 1. The van der Waals surface area contributed by atoms with E-state index in [0.29, 0.717) is 70.9 Å². The Hall–Kier alpha value is -2.45. The van der Waals surface area contributed by atoms with Crippen LogP contribution in [0.5, 0.6) is 0 Å². The highest BCUT2D eigenvalue weighted by Gasteiger charge is 2.60. The summed E-state index contributed by atoms with van der Waals surface area (Å²) >= 11 is 0. The highest BCUT2D eigenvalue weighted by molar-refractivity contribution is 5.86. The van der Waals surface area contributed by atoms with Crippen LogP contribution in [-0.2, 0) is 42.9 Å². The molecular weight excluding hydrogens is 581 g/mol. The number of alkyl halides is 3. The van der Waals surface area contributed by atoms with E-state index in [4.69, 9.17) is 18.9 Å². The number of rotatable bonds is 7. The molecule has 0 spiro atoms. The van der Waals surface area contributed by atoms with Gasteiger partial charge in [0.25, 0.3) is 0 Å². The number of likely N-dealkylation sites (tertiary alicyclic amines) is 1. The minimum Gasteiger partial charge on any atom is -0.448 e. The molecule has 0 radical (unpaired) electrons. The van der Waals surface area contributed by atoms with Gasteiger partial charge in [-0.25, -0.2) is 4.79 Å². The number of halogens is 3. The number of carbonyl (C=O) groups is 2. The fourth-order valence-corrected chi connectivity index (χ4v) is 7.81. The van der Waals surface area contributed by atoms with Crippen LogP contribution in [0.1, 0.15) is 36.0 Å². The molecule has 1 aromatic rings. The molecule has 6 rings (SSSR count). The molecule has 5 aliphatic rings. The molecule has 244 valence electrons. The zero-order chi connectivity index (χ0) is 30.9. The lowest BCUT2D eigenvalue weighted by Gasteiger charge is -2.38. The maximum Gasteiger partial charge on any atom is 0.416 e. The number of hydrogen-bond acceptors (Lipinski definition) is 8. The van der Waals surface area contributed by atoms with Gasteiger partial charge in [-0.3, -0.25) is 9.69 Å². The van der Waals surface area contributed by atoms with Crippen molar-refractivity contribution in [2.24, 2.45) is 11.3 Å². The van der Waals surface area contributed by atoms with Crippen molar-refractivity contribution in [3.05, 3.63) is 34.9 Å². The first-order valence-corrected chi connectivity index (χ1v) is 15.7. The number of morpholine rings is 1. The summed E-state index contributed by atoms with van der Waals surface area (Å²) in [6.07, 6.45) is -2.43. The van der Waals surface area contributed by atoms with E-state index in [2.05, 4.69) is 10.2 Å². The first-order valence-electron chi connectivity index (χ1n) is 15.7. The number of carbonyl (C=O) groups excluding carboxylic acids is 2. The zero-order valence-electron chi connectivity index (χ0n) is 25.3. The largest absolute Gasteiger partial charge is 0.448 e. The lowest BCUT2D eigenvalue weighted by Crippen LogP contribution is -2.52. The number of nitrogens with zero attached hydrogens (tertiary/aromatic N) is 3. The van der Waals surface area contributed by atoms with Gasteiger partial charge in [0.1, 0.15) is 6.61 Å². The Labute approximate surface area is 256 Å². The Morgan fingerprint density at radius 1 is 1.09 bits per heavy atom. The second kappa shape index (κ2) is 13.1. The van der Waals surface area contributed by atoms with Gasteiger partial charge in [0, 0.05) is 71.6 Å². The lowest BCUT2D eigenvalue weighted by molar-refractivity contribution is -0.143. The first kappa shape index (κ1) is 31.5. The highest BCUT2D eigenvalue weighted by Crippen LogP contribution is 2.51. The van der Waals surface area contributed by atoms with Crippen LogP contribution in [0.15, 0.2) is 18.2 Å². The molecule has 1 N–H and O–H groups in total. The number of ether oxygens (including phenoxy) is 4. The monoisotopic (exact) mass is 624 g/mol. The predicted molar refractivity (Wildman–Crippen MR) is 153 cm³/mol. The van der Waals surface area contributed by atoms with E-state index in [1.54, 1.807) is 16.9 Å². The van der Waals surface area contributed by atoms with E-state index in [1.807, 2.05) is 0 Å². The fraction of sp³-hybridized carbons (Fsp3) is 0.742. The van der Waals surface area contributed by atoms with Gasteiger partial charge in [0.2, 0.25) is 5.91 Å². The molecule has 4 fully saturated rings. The molecule has 5 atom stereocenters. The minimum atomic E-state index is -4.45. The molecule has 1 saturated carbocycles. The molecule has 4 aliphatic heterocycles. The summed E-state index contributed by atoms with van der Waals surface area (Å²) < 4.78 is 62.7. The summed E-state index contributed by atoms with van der Waals surface area (Å²) in [5.41, 5.74) is -0.178. The number of methoxy groups -OCH3 is 1. The van der Waals surface area contributed by atoms with Crippen molar-refractivity contribution >= 4 is 12.0 Å². The molecule has 0 bridgehead atoms. The Bertz CT molecular complexity index is 1200. The van der Waals surface area contributed by atoms with Gasteiger partial charge in [-0.1, -0.05) is 6.07 Å². The third-order valence-electron chi connectivity index (χ3n) is 10.2. The molecular formula is C31H43F3N4O6. The smallest absolute Gasteiger partial charge is 0.416 e. The van der Waals surface area contributed by atoms with Gasteiger partial charge in [-0.15, -0.1) is 0 Å². The molecule has 13 heteroatoms. The summed E-state index contributed by atoms with van der Waals surface area (Å²) in [5, 5.41) is 3.73. The quantitative estimate of drug-likeness (QED) is 0.495. The fourth-order valence-electron chi connectivity index (χ4n) is 7.81. The molecule has 44 heavy (non-hydrogen) atoms. The topological polar surface area (TPSA) is 92.8 Å². The van der Waals surface area contributed by atoms with Gasteiger partial charge in [0.05, 0.1) is 36.9 Å². The highest BCUT2D eigenvalue weighted by atomic mass is 19.4. The van der Waals surface area contributed by atoms with Crippen molar-refractivity contribution in [1.82, 2.24) is 20.0 Å². The molecule has 3 saturated heterocycles. The maximum atomic E-state index is 14.5. The second-order valence-corrected chi connectivity index (χ2v) is 12.8. The first-order chi connectivity index (χ1) is 21.2. The van der Waals surface area contributed by atoms with E-state index < -0.39 is 23.2 Å². The summed E-state index contributed by atoms with van der Waals surface area (Å²) in [6.45, 7) is 6.16. The van der Waals surface area contributed by atoms with E-state index in [0.717, 1.165) is 31.1 Å². The molecule has 1 aromatic carbocycles. The number of fused-ring (bicyclic) bond motifs is 2. The average Bonchev–Trinajstić information content (AvgIpc) is 3.55. The van der Waals surface area contributed by atoms with Crippen LogP contribution in [-0.4, -0.2) is 124 Å². The SMILES string of the molecule is CO[C@@H]1COCC[C@@H]1N[C@@H]1C[C@H]2CN(C(=O)OCCN3CCOCC3)C[C@@]2(C(=O)N2CCc3ccc(C(F)(F)F)cc3C2)C1. The summed E-state index contributed by atoms with van der Waals surface area (Å²) in [5.74, 6) is -0.184. The minimum absolute atomic E-state index is 0.0399.